The summed E-state index contributed by atoms with van der Waals surface area (Å²) in [5, 5.41) is 0.386. The number of aromatic nitrogens is 1. The van der Waals surface area contributed by atoms with Gasteiger partial charge in [-0.25, -0.2) is 4.98 Å². The minimum absolute atomic E-state index is 0.386. The van der Waals surface area contributed by atoms with Crippen molar-refractivity contribution in [1.29, 1.82) is 0 Å². The van der Waals surface area contributed by atoms with Crippen LogP contribution in [0.4, 0.5) is 5.82 Å². The molecular formula is C16H18N2OS. The van der Waals surface area contributed by atoms with Crippen LogP contribution in [0.1, 0.15) is 16.7 Å². The van der Waals surface area contributed by atoms with E-state index in [-0.39, 0.29) is 0 Å². The second-order valence-corrected chi connectivity index (χ2v) is 5.17. The van der Waals surface area contributed by atoms with Gasteiger partial charge >= 0.3 is 0 Å². The highest BCUT2D eigenvalue weighted by atomic mass is 32.1. The molecule has 4 heteroatoms. The van der Waals surface area contributed by atoms with E-state index < -0.39 is 0 Å². The Labute approximate surface area is 125 Å². The molecule has 0 saturated heterocycles. The molecule has 0 radical (unpaired) electrons. The lowest BCUT2D eigenvalue weighted by molar-refractivity contribution is 0.546. The number of hydrogen-bond acceptors (Lipinski definition) is 3. The molecule has 0 bridgehead atoms. The summed E-state index contributed by atoms with van der Waals surface area (Å²) in [5.74, 6) is 1.56. The molecule has 0 fully saturated rings. The average molecular weight is 286 g/mol. The van der Waals surface area contributed by atoms with E-state index in [0.717, 1.165) is 22.7 Å². The summed E-state index contributed by atoms with van der Waals surface area (Å²) in [5.41, 5.74) is 3.42. The standard InChI is InChI=1S/C16H18N2OS/c1-11-8-9-17-15(10-11)18(4)16(20)19-14-7-5-6-12(2)13(14)3/h5-10H,1-4H3. The van der Waals surface area contributed by atoms with Gasteiger partial charge in [0.1, 0.15) is 11.6 Å². The predicted octanol–water partition coefficient (Wildman–Crippen LogP) is 3.81. The molecule has 0 spiro atoms. The third-order valence-electron chi connectivity index (χ3n) is 3.27. The van der Waals surface area contributed by atoms with E-state index in [1.807, 2.05) is 45.2 Å². The van der Waals surface area contributed by atoms with Crippen molar-refractivity contribution in [3.05, 3.63) is 53.2 Å². The smallest absolute Gasteiger partial charge is 0.270 e. The van der Waals surface area contributed by atoms with Crippen molar-refractivity contribution in [3.63, 3.8) is 0 Å². The van der Waals surface area contributed by atoms with Crippen molar-refractivity contribution in [2.75, 3.05) is 11.9 Å². The Morgan fingerprint density at radius 2 is 1.95 bits per heavy atom. The molecule has 0 N–H and O–H groups in total. The summed E-state index contributed by atoms with van der Waals surface area (Å²) in [6, 6.07) is 9.86. The van der Waals surface area contributed by atoms with Crippen LogP contribution in [-0.4, -0.2) is 17.2 Å². The molecule has 0 aliphatic rings. The van der Waals surface area contributed by atoms with Gasteiger partial charge in [0.15, 0.2) is 0 Å². The van der Waals surface area contributed by atoms with Crippen molar-refractivity contribution in [1.82, 2.24) is 4.98 Å². The van der Waals surface area contributed by atoms with Crippen molar-refractivity contribution in [2.24, 2.45) is 0 Å². The van der Waals surface area contributed by atoms with E-state index in [9.17, 15) is 0 Å². The lowest BCUT2D eigenvalue weighted by Crippen LogP contribution is -2.30. The highest BCUT2D eigenvalue weighted by molar-refractivity contribution is 7.80. The number of benzene rings is 1. The van der Waals surface area contributed by atoms with E-state index in [0.29, 0.717) is 5.17 Å². The van der Waals surface area contributed by atoms with Crippen LogP contribution in [-0.2, 0) is 0 Å². The third kappa shape index (κ3) is 3.14. The van der Waals surface area contributed by atoms with Crippen LogP contribution in [0.25, 0.3) is 0 Å². The molecule has 2 aromatic rings. The van der Waals surface area contributed by atoms with Crippen LogP contribution in [0, 0.1) is 20.8 Å². The van der Waals surface area contributed by atoms with Crippen molar-refractivity contribution >= 4 is 23.2 Å². The van der Waals surface area contributed by atoms with Gasteiger partial charge in [-0.2, -0.15) is 0 Å². The lowest BCUT2D eigenvalue weighted by Gasteiger charge is -2.20. The highest BCUT2D eigenvalue weighted by Crippen LogP contribution is 2.22. The molecule has 0 unspecified atom stereocenters. The average Bonchev–Trinajstić information content (AvgIpc) is 2.43. The Kier molecular flexibility index (Phi) is 4.35. The summed E-state index contributed by atoms with van der Waals surface area (Å²) >= 11 is 5.35. The largest absolute Gasteiger partial charge is 0.431 e. The van der Waals surface area contributed by atoms with Gasteiger partial charge in [0.25, 0.3) is 5.17 Å². The Bertz CT molecular complexity index is 640. The zero-order valence-electron chi connectivity index (χ0n) is 12.2. The molecule has 1 aromatic carbocycles. The summed E-state index contributed by atoms with van der Waals surface area (Å²) in [6.07, 6.45) is 1.77. The molecule has 1 aromatic heterocycles. The zero-order valence-corrected chi connectivity index (χ0v) is 13.0. The van der Waals surface area contributed by atoms with Gasteiger partial charge in [0.2, 0.25) is 0 Å². The predicted molar refractivity (Wildman–Crippen MR) is 86.5 cm³/mol. The fourth-order valence-electron chi connectivity index (χ4n) is 1.79. The van der Waals surface area contributed by atoms with Crippen LogP contribution in [0.15, 0.2) is 36.5 Å². The zero-order chi connectivity index (χ0) is 14.7. The number of aryl methyl sites for hydroxylation is 2. The first-order valence-corrected chi connectivity index (χ1v) is 6.84. The Morgan fingerprint density at radius 1 is 1.20 bits per heavy atom. The summed E-state index contributed by atoms with van der Waals surface area (Å²) < 4.78 is 5.80. The number of anilines is 1. The molecule has 0 amide bonds. The fraction of sp³-hybridized carbons (Fsp3) is 0.250. The molecule has 20 heavy (non-hydrogen) atoms. The van der Waals surface area contributed by atoms with Gasteiger partial charge in [0.05, 0.1) is 0 Å². The van der Waals surface area contributed by atoms with E-state index in [4.69, 9.17) is 17.0 Å². The molecule has 104 valence electrons. The first-order valence-electron chi connectivity index (χ1n) is 6.43. The van der Waals surface area contributed by atoms with Gasteiger partial charge in [-0.3, -0.25) is 4.90 Å². The number of pyridine rings is 1. The number of ether oxygens (including phenoxy) is 1. The topological polar surface area (TPSA) is 25.4 Å². The summed E-state index contributed by atoms with van der Waals surface area (Å²) in [4.78, 5) is 6.07. The number of hydrogen-bond donors (Lipinski definition) is 0. The van der Waals surface area contributed by atoms with Crippen LogP contribution >= 0.6 is 12.2 Å². The lowest BCUT2D eigenvalue weighted by atomic mass is 10.1. The monoisotopic (exact) mass is 286 g/mol. The van der Waals surface area contributed by atoms with Crippen LogP contribution < -0.4 is 9.64 Å². The van der Waals surface area contributed by atoms with Crippen LogP contribution in [0.3, 0.4) is 0 Å². The van der Waals surface area contributed by atoms with E-state index in [1.54, 1.807) is 11.1 Å². The van der Waals surface area contributed by atoms with Crippen molar-refractivity contribution in [3.8, 4) is 5.75 Å². The quantitative estimate of drug-likeness (QED) is 0.784. The fourth-order valence-corrected chi connectivity index (χ4v) is 1.98. The molecule has 0 aliphatic heterocycles. The second-order valence-electron chi connectivity index (χ2n) is 4.82. The summed E-state index contributed by atoms with van der Waals surface area (Å²) in [7, 11) is 1.86. The molecule has 0 saturated carbocycles. The minimum Gasteiger partial charge on any atom is -0.431 e. The number of rotatable bonds is 2. The maximum atomic E-state index is 5.80. The van der Waals surface area contributed by atoms with E-state index in [2.05, 4.69) is 18.0 Å². The van der Waals surface area contributed by atoms with Gasteiger partial charge in [0, 0.05) is 13.2 Å². The Hall–Kier alpha value is -1.94. The minimum atomic E-state index is 0.386. The van der Waals surface area contributed by atoms with Gasteiger partial charge in [-0.05, 0) is 67.9 Å². The first kappa shape index (κ1) is 14.5. The van der Waals surface area contributed by atoms with Gasteiger partial charge in [-0.15, -0.1) is 0 Å². The Morgan fingerprint density at radius 3 is 2.65 bits per heavy atom. The maximum Gasteiger partial charge on any atom is 0.270 e. The molecule has 1 heterocycles. The molecule has 0 atom stereocenters. The van der Waals surface area contributed by atoms with E-state index >= 15 is 0 Å². The normalized spacial score (nSPS) is 10.2. The third-order valence-corrected chi connectivity index (χ3v) is 3.63. The van der Waals surface area contributed by atoms with E-state index in [1.165, 1.54) is 5.56 Å². The highest BCUT2D eigenvalue weighted by Gasteiger charge is 2.12. The maximum absolute atomic E-state index is 5.80. The molecular weight excluding hydrogens is 268 g/mol. The van der Waals surface area contributed by atoms with Crippen molar-refractivity contribution < 1.29 is 4.74 Å². The summed E-state index contributed by atoms with van der Waals surface area (Å²) in [6.45, 7) is 6.10. The van der Waals surface area contributed by atoms with Crippen LogP contribution in [0.2, 0.25) is 0 Å². The van der Waals surface area contributed by atoms with Gasteiger partial charge in [-0.1, -0.05) is 12.1 Å². The SMILES string of the molecule is Cc1ccnc(N(C)C(=S)Oc2cccc(C)c2C)c1. The molecule has 0 aliphatic carbocycles. The first-order chi connectivity index (χ1) is 9.49. The van der Waals surface area contributed by atoms with Gasteiger partial charge < -0.3 is 4.74 Å². The Balaban J connectivity index is 2.18. The van der Waals surface area contributed by atoms with Crippen LogP contribution in [0.5, 0.6) is 5.75 Å². The number of nitrogens with zero attached hydrogens (tertiary/aromatic N) is 2. The van der Waals surface area contributed by atoms with Crippen molar-refractivity contribution in [2.45, 2.75) is 20.8 Å². The molecule has 3 nitrogen and oxygen atoms in total. The number of thiocarbonyl (C=S) groups is 1. The molecule has 2 rings (SSSR count). The second kappa shape index (κ2) is 6.01.